The van der Waals surface area contributed by atoms with E-state index in [2.05, 4.69) is 4.98 Å². The van der Waals surface area contributed by atoms with Gasteiger partial charge < -0.3 is 5.73 Å². The molecule has 13 heavy (non-hydrogen) atoms. The Hall–Kier alpha value is -0.450. The van der Waals surface area contributed by atoms with Gasteiger partial charge in [-0.25, -0.2) is 8.78 Å². The van der Waals surface area contributed by atoms with Gasteiger partial charge in [-0.15, -0.1) is 24.8 Å². The van der Waals surface area contributed by atoms with Crippen molar-refractivity contribution in [1.82, 2.24) is 4.98 Å². The number of nitrogens with zero attached hydrogens (tertiary/aromatic N) is 1. The lowest BCUT2D eigenvalue weighted by atomic mass is 10.2. The molecule has 1 aromatic rings. The van der Waals surface area contributed by atoms with Crippen LogP contribution >= 0.6 is 24.8 Å². The van der Waals surface area contributed by atoms with E-state index in [0.29, 0.717) is 5.69 Å². The summed E-state index contributed by atoms with van der Waals surface area (Å²) in [6.45, 7) is 0.195. The molecule has 0 spiro atoms. The molecule has 0 saturated heterocycles. The molecule has 0 aliphatic rings. The van der Waals surface area contributed by atoms with Crippen LogP contribution in [-0.2, 0) is 6.54 Å². The first kappa shape index (κ1) is 15.0. The minimum Gasteiger partial charge on any atom is -0.325 e. The highest BCUT2D eigenvalue weighted by Gasteiger charge is 2.06. The van der Waals surface area contributed by atoms with Gasteiger partial charge in [0.25, 0.3) is 6.43 Å². The van der Waals surface area contributed by atoms with Gasteiger partial charge >= 0.3 is 0 Å². The quantitative estimate of drug-likeness (QED) is 0.848. The maximum atomic E-state index is 12.0. The molecule has 0 bridgehead atoms. The molecule has 0 fully saturated rings. The Kier molecular flexibility index (Phi) is 8.10. The van der Waals surface area contributed by atoms with Crippen LogP contribution in [0, 0.1) is 0 Å². The van der Waals surface area contributed by atoms with Crippen LogP contribution in [-0.4, -0.2) is 4.98 Å². The van der Waals surface area contributed by atoms with Crippen molar-refractivity contribution in [3.63, 3.8) is 0 Å². The van der Waals surface area contributed by atoms with E-state index in [1.807, 2.05) is 0 Å². The highest BCUT2D eigenvalue weighted by molar-refractivity contribution is 5.85. The van der Waals surface area contributed by atoms with Crippen molar-refractivity contribution < 1.29 is 8.78 Å². The molecule has 0 aromatic carbocycles. The lowest BCUT2D eigenvalue weighted by Gasteiger charge is -1.99. The number of hydrogen-bond donors (Lipinski definition) is 1. The van der Waals surface area contributed by atoms with Crippen LogP contribution in [0.5, 0.6) is 0 Å². The van der Waals surface area contributed by atoms with Gasteiger partial charge in [0.2, 0.25) is 0 Å². The third kappa shape index (κ3) is 4.36. The smallest absolute Gasteiger partial charge is 0.263 e. The van der Waals surface area contributed by atoms with E-state index in [9.17, 15) is 8.78 Å². The van der Waals surface area contributed by atoms with E-state index >= 15 is 0 Å². The van der Waals surface area contributed by atoms with E-state index in [0.717, 1.165) is 0 Å². The summed E-state index contributed by atoms with van der Waals surface area (Å²) >= 11 is 0. The molecule has 0 saturated carbocycles. The summed E-state index contributed by atoms with van der Waals surface area (Å²) in [7, 11) is 0. The Morgan fingerprint density at radius 2 is 2.00 bits per heavy atom. The molecule has 2 N–H and O–H groups in total. The van der Waals surface area contributed by atoms with Crippen LogP contribution in [0.3, 0.4) is 0 Å². The summed E-state index contributed by atoms with van der Waals surface area (Å²) < 4.78 is 24.0. The molecular formula is C7H10Cl2F2N2. The third-order valence-corrected chi connectivity index (χ3v) is 1.30. The van der Waals surface area contributed by atoms with Crippen molar-refractivity contribution in [2.75, 3.05) is 0 Å². The molecular weight excluding hydrogens is 221 g/mol. The van der Waals surface area contributed by atoms with Gasteiger partial charge in [-0.2, -0.15) is 0 Å². The van der Waals surface area contributed by atoms with Crippen molar-refractivity contribution in [3.8, 4) is 0 Å². The molecule has 1 heterocycles. The van der Waals surface area contributed by atoms with Crippen molar-refractivity contribution in [2.24, 2.45) is 5.73 Å². The second-order valence-corrected chi connectivity index (χ2v) is 2.09. The summed E-state index contributed by atoms with van der Waals surface area (Å²) in [5, 5.41) is 0. The van der Waals surface area contributed by atoms with Crippen LogP contribution in [0.1, 0.15) is 17.7 Å². The van der Waals surface area contributed by atoms with Crippen LogP contribution in [0.4, 0.5) is 8.78 Å². The van der Waals surface area contributed by atoms with E-state index in [-0.39, 0.29) is 36.9 Å². The van der Waals surface area contributed by atoms with Gasteiger partial charge in [-0.05, 0) is 12.1 Å². The molecule has 0 unspecified atom stereocenters. The molecule has 0 amide bonds. The van der Waals surface area contributed by atoms with Crippen LogP contribution in [0.25, 0.3) is 0 Å². The van der Waals surface area contributed by atoms with Gasteiger partial charge in [0, 0.05) is 18.3 Å². The standard InChI is InChI=1S/C7H8F2N2.2ClH/c8-7(9)5-1-2-11-6(3-5)4-10;;/h1-3,7H,4,10H2;2*1H. The Balaban J connectivity index is 0. The zero-order valence-electron chi connectivity index (χ0n) is 6.61. The average Bonchev–Trinajstić information content (AvgIpc) is 2.05. The third-order valence-electron chi connectivity index (χ3n) is 1.30. The van der Waals surface area contributed by atoms with Crippen LogP contribution in [0.15, 0.2) is 18.3 Å². The lowest BCUT2D eigenvalue weighted by molar-refractivity contribution is 0.151. The van der Waals surface area contributed by atoms with Gasteiger partial charge in [-0.1, -0.05) is 0 Å². The Labute approximate surface area is 87.4 Å². The maximum absolute atomic E-state index is 12.0. The van der Waals surface area contributed by atoms with Gasteiger partial charge in [0.05, 0.1) is 5.69 Å². The summed E-state index contributed by atoms with van der Waals surface area (Å²) in [6, 6.07) is 2.59. The first-order valence-electron chi connectivity index (χ1n) is 3.17. The van der Waals surface area contributed by atoms with Crippen molar-refractivity contribution >= 4 is 24.8 Å². The van der Waals surface area contributed by atoms with Crippen molar-refractivity contribution in [2.45, 2.75) is 13.0 Å². The lowest BCUT2D eigenvalue weighted by Crippen LogP contribution is -2.00. The zero-order chi connectivity index (χ0) is 8.27. The second-order valence-electron chi connectivity index (χ2n) is 2.09. The average molecular weight is 231 g/mol. The molecule has 76 valence electrons. The van der Waals surface area contributed by atoms with Crippen molar-refractivity contribution in [1.29, 1.82) is 0 Å². The monoisotopic (exact) mass is 230 g/mol. The number of halogens is 4. The molecule has 0 aliphatic carbocycles. The van der Waals surface area contributed by atoms with Gasteiger partial charge in [0.1, 0.15) is 0 Å². The Bertz CT molecular complexity index is 246. The first-order chi connectivity index (χ1) is 5.24. The second kappa shape index (κ2) is 7.00. The predicted molar refractivity (Wildman–Crippen MR) is 51.6 cm³/mol. The van der Waals surface area contributed by atoms with E-state index in [4.69, 9.17) is 5.73 Å². The zero-order valence-corrected chi connectivity index (χ0v) is 8.25. The number of rotatable bonds is 2. The SMILES string of the molecule is Cl.Cl.NCc1cc(C(F)F)ccn1. The first-order valence-corrected chi connectivity index (χ1v) is 3.17. The molecule has 0 aliphatic heterocycles. The van der Waals surface area contributed by atoms with Crippen LogP contribution < -0.4 is 5.73 Å². The van der Waals surface area contributed by atoms with Crippen LogP contribution in [0.2, 0.25) is 0 Å². The number of nitrogens with two attached hydrogens (primary N) is 1. The highest BCUT2D eigenvalue weighted by atomic mass is 35.5. The Morgan fingerprint density at radius 3 is 2.46 bits per heavy atom. The fourth-order valence-electron chi connectivity index (χ4n) is 0.744. The number of aromatic nitrogens is 1. The highest BCUT2D eigenvalue weighted by Crippen LogP contribution is 2.17. The molecule has 0 atom stereocenters. The van der Waals surface area contributed by atoms with Crippen molar-refractivity contribution in [3.05, 3.63) is 29.6 Å². The summed E-state index contributed by atoms with van der Waals surface area (Å²) in [4.78, 5) is 3.78. The molecule has 2 nitrogen and oxygen atoms in total. The fourth-order valence-corrected chi connectivity index (χ4v) is 0.744. The van der Waals surface area contributed by atoms with E-state index in [1.165, 1.54) is 18.3 Å². The number of pyridine rings is 1. The molecule has 1 rings (SSSR count). The maximum Gasteiger partial charge on any atom is 0.263 e. The normalized spacial score (nSPS) is 8.92. The van der Waals surface area contributed by atoms with Gasteiger partial charge in [0.15, 0.2) is 0 Å². The molecule has 6 heteroatoms. The summed E-state index contributed by atoms with van der Waals surface area (Å²) in [5.74, 6) is 0. The Morgan fingerprint density at radius 1 is 1.38 bits per heavy atom. The fraction of sp³-hybridized carbons (Fsp3) is 0.286. The van der Waals surface area contributed by atoms with Gasteiger partial charge in [-0.3, -0.25) is 4.98 Å². The molecule has 1 aromatic heterocycles. The summed E-state index contributed by atoms with van der Waals surface area (Å²) in [6.07, 6.45) is -1.10. The number of hydrogen-bond acceptors (Lipinski definition) is 2. The minimum absolute atomic E-state index is 0. The minimum atomic E-state index is -2.44. The topological polar surface area (TPSA) is 38.9 Å². The largest absolute Gasteiger partial charge is 0.325 e. The van der Waals surface area contributed by atoms with E-state index in [1.54, 1.807) is 0 Å². The number of alkyl halides is 2. The predicted octanol–water partition coefficient (Wildman–Crippen LogP) is 2.32. The summed E-state index contributed by atoms with van der Waals surface area (Å²) in [5.41, 5.74) is 5.67. The van der Waals surface area contributed by atoms with E-state index < -0.39 is 6.43 Å². The molecule has 0 radical (unpaired) electrons.